The second-order valence-corrected chi connectivity index (χ2v) is 16.4. The molecule has 62 heavy (non-hydrogen) atoms. The first-order valence-corrected chi connectivity index (χ1v) is 21.3. The molecule has 3 heterocycles. The number of benzene rings is 9. The smallest absolute Gasteiger partial charge is 0.143 e. The van der Waals surface area contributed by atoms with Gasteiger partial charge in [-0.05, 0) is 107 Å². The topological polar surface area (TPSA) is 30.5 Å². The van der Waals surface area contributed by atoms with E-state index in [4.69, 9.17) is 9.15 Å². The van der Waals surface area contributed by atoms with E-state index >= 15 is 0 Å². The van der Waals surface area contributed by atoms with Gasteiger partial charge in [-0.2, -0.15) is 0 Å². The molecule has 0 bridgehead atoms. The fraction of sp³-hybridized carbons (Fsp3) is 0.0345. The molecule has 13 rings (SSSR count). The van der Waals surface area contributed by atoms with Gasteiger partial charge in [0.05, 0.1) is 16.7 Å². The summed E-state index contributed by atoms with van der Waals surface area (Å²) in [6, 6.07) is 72.0. The minimum atomic E-state index is 0.0338. The van der Waals surface area contributed by atoms with Crippen molar-refractivity contribution in [3.05, 3.63) is 230 Å². The number of hydrogen-bond donors (Lipinski definition) is 0. The van der Waals surface area contributed by atoms with Crippen LogP contribution in [0.1, 0.15) is 17.0 Å². The van der Waals surface area contributed by atoms with E-state index in [0.717, 1.165) is 67.0 Å². The SMILES string of the molecule is C1=CC2Oc3ccccc3C2C=C1c1ccc(N(c2ccc(-n3c4ccccc4c4ccccc43)cc2)c2ccccc2-c2ccc3oc4c5ccccc5ccc4c3c2)cc1. The number of rotatable bonds is 6. The van der Waals surface area contributed by atoms with E-state index in [1.54, 1.807) is 0 Å². The molecule has 2 aliphatic rings. The summed E-state index contributed by atoms with van der Waals surface area (Å²) in [6.07, 6.45) is 6.81. The van der Waals surface area contributed by atoms with Crippen molar-refractivity contribution >= 4 is 77.2 Å². The van der Waals surface area contributed by atoms with Gasteiger partial charge in [-0.1, -0.05) is 133 Å². The van der Waals surface area contributed by atoms with Crippen LogP contribution in [-0.4, -0.2) is 10.7 Å². The molecule has 4 nitrogen and oxygen atoms in total. The quantitative estimate of drug-likeness (QED) is 0.168. The van der Waals surface area contributed by atoms with Crippen LogP contribution in [0.5, 0.6) is 5.75 Å². The monoisotopic (exact) mass is 794 g/mol. The zero-order chi connectivity index (χ0) is 40.7. The first-order valence-electron chi connectivity index (χ1n) is 21.3. The molecule has 0 amide bonds. The number of hydrogen-bond acceptors (Lipinski definition) is 3. The number of furan rings is 1. The lowest BCUT2D eigenvalue weighted by molar-refractivity contribution is 0.269. The predicted molar refractivity (Wildman–Crippen MR) is 256 cm³/mol. The molecule has 2 atom stereocenters. The van der Waals surface area contributed by atoms with E-state index < -0.39 is 0 Å². The van der Waals surface area contributed by atoms with Crippen LogP contribution < -0.4 is 9.64 Å². The lowest BCUT2D eigenvalue weighted by atomic mass is 9.87. The Morgan fingerprint density at radius 3 is 1.97 bits per heavy atom. The van der Waals surface area contributed by atoms with Crippen LogP contribution in [-0.2, 0) is 0 Å². The molecule has 0 N–H and O–H groups in total. The minimum absolute atomic E-state index is 0.0338. The summed E-state index contributed by atoms with van der Waals surface area (Å²) in [5, 5.41) is 7.03. The van der Waals surface area contributed by atoms with Crippen LogP contribution in [0.3, 0.4) is 0 Å². The maximum atomic E-state index is 6.54. The Labute approximate surface area is 358 Å². The number of nitrogens with zero attached hydrogens (tertiary/aromatic N) is 2. The van der Waals surface area contributed by atoms with Crippen molar-refractivity contribution < 1.29 is 9.15 Å². The highest BCUT2D eigenvalue weighted by Crippen LogP contribution is 2.46. The molecule has 11 aromatic rings. The highest BCUT2D eigenvalue weighted by Gasteiger charge is 2.33. The Bertz CT molecular complexity index is 3570. The van der Waals surface area contributed by atoms with Gasteiger partial charge in [0.1, 0.15) is 23.0 Å². The van der Waals surface area contributed by atoms with Crippen molar-refractivity contribution in [3.8, 4) is 22.6 Å². The Kier molecular flexibility index (Phi) is 7.70. The summed E-state index contributed by atoms with van der Waals surface area (Å²) in [4.78, 5) is 2.39. The molecule has 0 spiro atoms. The van der Waals surface area contributed by atoms with Crippen molar-refractivity contribution in [2.24, 2.45) is 0 Å². The summed E-state index contributed by atoms with van der Waals surface area (Å²) >= 11 is 0. The molecule has 4 heteroatoms. The van der Waals surface area contributed by atoms with Gasteiger partial charge in [0.15, 0.2) is 0 Å². The molecule has 1 aliphatic carbocycles. The summed E-state index contributed by atoms with van der Waals surface area (Å²) in [5.41, 5.74) is 14.4. The van der Waals surface area contributed by atoms with Gasteiger partial charge < -0.3 is 18.6 Å². The highest BCUT2D eigenvalue weighted by atomic mass is 16.5. The zero-order valence-corrected chi connectivity index (χ0v) is 33.7. The number of para-hydroxylation sites is 4. The van der Waals surface area contributed by atoms with E-state index in [1.165, 1.54) is 43.9 Å². The van der Waals surface area contributed by atoms with Crippen LogP contribution in [0, 0.1) is 0 Å². The fourth-order valence-corrected chi connectivity index (χ4v) is 10.0. The van der Waals surface area contributed by atoms with E-state index in [-0.39, 0.29) is 12.0 Å². The number of anilines is 3. The van der Waals surface area contributed by atoms with Gasteiger partial charge in [0, 0.05) is 61.0 Å². The molecule has 0 fully saturated rings. The largest absolute Gasteiger partial charge is 0.485 e. The number of aromatic nitrogens is 1. The van der Waals surface area contributed by atoms with Gasteiger partial charge in [-0.3, -0.25) is 0 Å². The average molecular weight is 795 g/mol. The van der Waals surface area contributed by atoms with Crippen molar-refractivity contribution in [1.82, 2.24) is 4.57 Å². The fourth-order valence-electron chi connectivity index (χ4n) is 10.0. The van der Waals surface area contributed by atoms with E-state index in [9.17, 15) is 0 Å². The number of ether oxygens (including phenoxy) is 1. The van der Waals surface area contributed by atoms with Crippen molar-refractivity contribution in [3.63, 3.8) is 0 Å². The molecule has 0 saturated carbocycles. The van der Waals surface area contributed by atoms with E-state index in [1.807, 2.05) is 6.07 Å². The average Bonchev–Trinajstić information content (AvgIpc) is 4.02. The van der Waals surface area contributed by atoms with Crippen LogP contribution in [0.25, 0.3) is 76.9 Å². The maximum Gasteiger partial charge on any atom is 0.143 e. The maximum absolute atomic E-state index is 6.54. The molecule has 0 saturated heterocycles. The Hall–Kier alpha value is -8.08. The summed E-state index contributed by atoms with van der Waals surface area (Å²) in [6.45, 7) is 0. The minimum Gasteiger partial charge on any atom is -0.485 e. The highest BCUT2D eigenvalue weighted by molar-refractivity contribution is 6.16. The predicted octanol–water partition coefficient (Wildman–Crippen LogP) is 15.5. The van der Waals surface area contributed by atoms with Crippen molar-refractivity contribution in [2.75, 3.05) is 4.90 Å². The number of allylic oxidation sites excluding steroid dienone is 2. The molecule has 292 valence electrons. The molecule has 9 aromatic carbocycles. The van der Waals surface area contributed by atoms with Crippen LogP contribution in [0.4, 0.5) is 17.1 Å². The normalized spacial score (nSPS) is 15.6. The summed E-state index contributed by atoms with van der Waals surface area (Å²) in [5.74, 6) is 1.18. The molecule has 0 radical (unpaired) electrons. The molecular weight excluding hydrogens is 757 g/mol. The second kappa shape index (κ2) is 13.7. The van der Waals surface area contributed by atoms with Gasteiger partial charge >= 0.3 is 0 Å². The van der Waals surface area contributed by atoms with Crippen LogP contribution in [0.15, 0.2) is 223 Å². The standard InChI is InChI=1S/C58H38N2O2/c1-2-13-45-38(11-1)23-32-49-51-36-40(25-34-57(51)62-58(45)49)44-12-3-7-17-52(44)59(41-26-21-37(22-27-41)39-24-33-56-50(35-39)48-16-6-10-20-55(48)61-56)42-28-30-43(31-29-42)60-53-18-8-4-14-46(53)47-15-5-9-19-54(47)60/h1-36,50,56H. The first kappa shape index (κ1) is 34.8. The molecule has 2 aromatic heterocycles. The van der Waals surface area contributed by atoms with Crippen molar-refractivity contribution in [1.29, 1.82) is 0 Å². The van der Waals surface area contributed by atoms with Gasteiger partial charge in [0.25, 0.3) is 0 Å². The zero-order valence-electron chi connectivity index (χ0n) is 33.7. The molecule has 1 aliphatic heterocycles. The lowest BCUT2D eigenvalue weighted by Crippen LogP contribution is -2.17. The molecule has 2 unspecified atom stereocenters. The third-order valence-corrected chi connectivity index (χ3v) is 12.9. The molecular formula is C58H38N2O2. The van der Waals surface area contributed by atoms with Gasteiger partial charge in [-0.25, -0.2) is 0 Å². The number of fused-ring (bicyclic) bond motifs is 11. The van der Waals surface area contributed by atoms with Crippen molar-refractivity contribution in [2.45, 2.75) is 12.0 Å². The van der Waals surface area contributed by atoms with E-state index in [2.05, 4.69) is 222 Å². The lowest BCUT2D eigenvalue weighted by Gasteiger charge is -2.28. The van der Waals surface area contributed by atoms with Crippen LogP contribution >= 0.6 is 0 Å². The summed E-state index contributed by atoms with van der Waals surface area (Å²) < 4.78 is 15.2. The van der Waals surface area contributed by atoms with Crippen LogP contribution in [0.2, 0.25) is 0 Å². The van der Waals surface area contributed by atoms with Gasteiger partial charge in [0.2, 0.25) is 0 Å². The van der Waals surface area contributed by atoms with Gasteiger partial charge in [-0.15, -0.1) is 0 Å². The summed E-state index contributed by atoms with van der Waals surface area (Å²) in [7, 11) is 0. The Morgan fingerprint density at radius 1 is 0.500 bits per heavy atom. The third kappa shape index (κ3) is 5.40. The second-order valence-electron chi connectivity index (χ2n) is 16.4. The third-order valence-electron chi connectivity index (χ3n) is 12.9. The Morgan fingerprint density at radius 2 is 1.16 bits per heavy atom. The van der Waals surface area contributed by atoms with E-state index in [0.29, 0.717) is 0 Å². The Balaban J connectivity index is 0.944. The first-order chi connectivity index (χ1) is 30.7.